The van der Waals surface area contributed by atoms with Gasteiger partial charge in [0.15, 0.2) is 0 Å². The second kappa shape index (κ2) is 4.32. The van der Waals surface area contributed by atoms with Crippen LogP contribution >= 0.6 is 0 Å². The van der Waals surface area contributed by atoms with Gasteiger partial charge < -0.3 is 5.73 Å². The maximum atomic E-state index is 11.6. The number of aryl methyl sites for hydroxylation is 1. The summed E-state index contributed by atoms with van der Waals surface area (Å²) in [5.41, 5.74) is 6.33. The van der Waals surface area contributed by atoms with Crippen LogP contribution in [0.4, 0.5) is 0 Å². The molecule has 14 heavy (non-hydrogen) atoms. The molecule has 2 N–H and O–H groups in total. The summed E-state index contributed by atoms with van der Waals surface area (Å²) in [4.78, 5) is 11.6. The minimum Gasteiger partial charge on any atom is -0.327 e. The molecule has 0 aliphatic rings. The number of hydrogen-bond acceptors (Lipinski definition) is 4. The molecule has 0 spiro atoms. The molecule has 2 unspecified atom stereocenters. The van der Waals surface area contributed by atoms with E-state index in [-0.39, 0.29) is 17.7 Å². The maximum Gasteiger partial charge on any atom is 0.143 e. The largest absolute Gasteiger partial charge is 0.327 e. The Morgan fingerprint density at radius 2 is 2.29 bits per heavy atom. The lowest BCUT2D eigenvalue weighted by molar-refractivity contribution is -0.122. The summed E-state index contributed by atoms with van der Waals surface area (Å²) < 4.78 is 1.58. The molecule has 0 radical (unpaired) electrons. The van der Waals surface area contributed by atoms with Gasteiger partial charge in [0.25, 0.3) is 0 Å². The van der Waals surface area contributed by atoms with Crippen molar-refractivity contribution < 1.29 is 4.79 Å². The molecule has 0 aliphatic carbocycles. The van der Waals surface area contributed by atoms with Crippen LogP contribution in [0.25, 0.3) is 0 Å². The van der Waals surface area contributed by atoms with Crippen molar-refractivity contribution in [1.82, 2.24) is 15.0 Å². The van der Waals surface area contributed by atoms with Gasteiger partial charge in [0.2, 0.25) is 0 Å². The summed E-state index contributed by atoms with van der Waals surface area (Å²) >= 11 is 0. The van der Waals surface area contributed by atoms with Crippen LogP contribution in [-0.2, 0) is 18.3 Å². The van der Waals surface area contributed by atoms with E-state index in [0.29, 0.717) is 12.1 Å². The molecule has 2 atom stereocenters. The third-order valence-corrected chi connectivity index (χ3v) is 2.30. The Kier molecular flexibility index (Phi) is 3.35. The minimum absolute atomic E-state index is 0.112. The van der Waals surface area contributed by atoms with E-state index in [4.69, 9.17) is 5.73 Å². The minimum atomic E-state index is -0.128. The van der Waals surface area contributed by atoms with Crippen LogP contribution in [0.5, 0.6) is 0 Å². The number of carbonyl (C=O) groups is 1. The van der Waals surface area contributed by atoms with Crippen molar-refractivity contribution in [3.63, 3.8) is 0 Å². The predicted molar refractivity (Wildman–Crippen MR) is 52.5 cm³/mol. The van der Waals surface area contributed by atoms with E-state index >= 15 is 0 Å². The SMILES string of the molecule is CC(N)C(C)C(=O)Cc1cn(C)nn1. The van der Waals surface area contributed by atoms with Gasteiger partial charge in [0, 0.05) is 25.2 Å². The fraction of sp³-hybridized carbons (Fsp3) is 0.667. The van der Waals surface area contributed by atoms with Crippen LogP contribution in [0.1, 0.15) is 19.5 Å². The van der Waals surface area contributed by atoms with Gasteiger partial charge in [-0.1, -0.05) is 12.1 Å². The lowest BCUT2D eigenvalue weighted by atomic mass is 9.96. The van der Waals surface area contributed by atoms with Gasteiger partial charge in [-0.25, -0.2) is 0 Å². The first kappa shape index (κ1) is 10.8. The number of ketones is 1. The van der Waals surface area contributed by atoms with Crippen molar-refractivity contribution in [1.29, 1.82) is 0 Å². The Bertz CT molecular complexity index is 318. The molecule has 5 heteroatoms. The highest BCUT2D eigenvalue weighted by molar-refractivity contribution is 5.83. The molecule has 0 aliphatic heterocycles. The molecular weight excluding hydrogens is 180 g/mol. The van der Waals surface area contributed by atoms with Gasteiger partial charge in [-0.05, 0) is 6.92 Å². The van der Waals surface area contributed by atoms with Crippen LogP contribution in [-0.4, -0.2) is 26.8 Å². The molecule has 0 fully saturated rings. The molecule has 1 aromatic rings. The van der Waals surface area contributed by atoms with Crippen molar-refractivity contribution in [2.75, 3.05) is 0 Å². The number of hydrogen-bond donors (Lipinski definition) is 1. The van der Waals surface area contributed by atoms with Gasteiger partial charge in [0.05, 0.1) is 12.1 Å². The van der Waals surface area contributed by atoms with Crippen LogP contribution in [0.3, 0.4) is 0 Å². The van der Waals surface area contributed by atoms with Crippen molar-refractivity contribution in [2.45, 2.75) is 26.3 Å². The first-order valence-corrected chi connectivity index (χ1v) is 4.64. The van der Waals surface area contributed by atoms with Crippen molar-refractivity contribution >= 4 is 5.78 Å². The summed E-state index contributed by atoms with van der Waals surface area (Å²) in [6.07, 6.45) is 2.06. The normalized spacial score (nSPS) is 15.1. The summed E-state index contributed by atoms with van der Waals surface area (Å²) in [7, 11) is 1.77. The first-order chi connectivity index (χ1) is 6.50. The number of Topliss-reactive ketones (excluding diaryl/α,β-unsaturated/α-hetero) is 1. The maximum absolute atomic E-state index is 11.6. The Labute approximate surface area is 83.3 Å². The molecule has 0 saturated heterocycles. The molecule has 0 aromatic carbocycles. The van der Waals surface area contributed by atoms with Crippen LogP contribution in [0.15, 0.2) is 6.20 Å². The molecule has 78 valence electrons. The van der Waals surface area contributed by atoms with E-state index in [1.807, 2.05) is 13.8 Å². The van der Waals surface area contributed by atoms with E-state index in [1.165, 1.54) is 0 Å². The van der Waals surface area contributed by atoms with E-state index in [2.05, 4.69) is 10.3 Å². The lowest BCUT2D eigenvalue weighted by Crippen LogP contribution is -2.31. The monoisotopic (exact) mass is 196 g/mol. The molecule has 1 aromatic heterocycles. The third-order valence-electron chi connectivity index (χ3n) is 2.30. The van der Waals surface area contributed by atoms with Crippen molar-refractivity contribution in [3.05, 3.63) is 11.9 Å². The third kappa shape index (κ3) is 2.63. The number of rotatable bonds is 4. The van der Waals surface area contributed by atoms with Crippen molar-refractivity contribution in [3.8, 4) is 0 Å². The van der Waals surface area contributed by atoms with E-state index in [1.54, 1.807) is 17.9 Å². The highest BCUT2D eigenvalue weighted by Crippen LogP contribution is 2.05. The fourth-order valence-electron chi connectivity index (χ4n) is 1.11. The number of nitrogens with zero attached hydrogens (tertiary/aromatic N) is 3. The van der Waals surface area contributed by atoms with Crippen LogP contribution < -0.4 is 5.73 Å². The Hall–Kier alpha value is -1.23. The second-order valence-corrected chi connectivity index (χ2v) is 3.67. The van der Waals surface area contributed by atoms with Gasteiger partial charge in [-0.2, -0.15) is 0 Å². The van der Waals surface area contributed by atoms with E-state index < -0.39 is 0 Å². The fourth-order valence-corrected chi connectivity index (χ4v) is 1.11. The standard InChI is InChI=1S/C9H16N4O/c1-6(7(2)10)9(14)4-8-5-13(3)12-11-8/h5-7H,4,10H2,1-3H3. The van der Waals surface area contributed by atoms with Gasteiger partial charge in [-0.15, -0.1) is 5.10 Å². The molecule has 0 saturated carbocycles. The summed E-state index contributed by atoms with van der Waals surface area (Å²) in [6, 6.07) is -0.112. The quantitative estimate of drug-likeness (QED) is 0.730. The Morgan fingerprint density at radius 3 is 2.71 bits per heavy atom. The average Bonchev–Trinajstić information content (AvgIpc) is 2.49. The summed E-state index contributed by atoms with van der Waals surface area (Å²) in [5, 5.41) is 7.61. The number of aromatic nitrogens is 3. The highest BCUT2D eigenvalue weighted by atomic mass is 16.1. The molecule has 0 bridgehead atoms. The molecule has 1 heterocycles. The zero-order valence-electron chi connectivity index (χ0n) is 8.77. The van der Waals surface area contributed by atoms with Gasteiger partial charge >= 0.3 is 0 Å². The molecule has 1 rings (SSSR count). The summed E-state index contributed by atoms with van der Waals surface area (Å²) in [6.45, 7) is 3.67. The Morgan fingerprint density at radius 1 is 1.64 bits per heavy atom. The second-order valence-electron chi connectivity index (χ2n) is 3.67. The molecule has 0 amide bonds. The number of nitrogens with two attached hydrogens (primary N) is 1. The van der Waals surface area contributed by atoms with Crippen LogP contribution in [0.2, 0.25) is 0 Å². The number of carbonyl (C=O) groups excluding carboxylic acids is 1. The van der Waals surface area contributed by atoms with Gasteiger partial charge in [0.1, 0.15) is 5.78 Å². The highest BCUT2D eigenvalue weighted by Gasteiger charge is 2.18. The lowest BCUT2D eigenvalue weighted by Gasteiger charge is -2.12. The smallest absolute Gasteiger partial charge is 0.143 e. The van der Waals surface area contributed by atoms with Gasteiger partial charge in [-0.3, -0.25) is 9.48 Å². The topological polar surface area (TPSA) is 73.8 Å². The van der Waals surface area contributed by atoms with Crippen molar-refractivity contribution in [2.24, 2.45) is 18.7 Å². The van der Waals surface area contributed by atoms with E-state index in [0.717, 1.165) is 0 Å². The zero-order valence-corrected chi connectivity index (χ0v) is 8.77. The zero-order chi connectivity index (χ0) is 10.7. The molecule has 5 nitrogen and oxygen atoms in total. The van der Waals surface area contributed by atoms with E-state index in [9.17, 15) is 4.79 Å². The first-order valence-electron chi connectivity index (χ1n) is 4.64. The molecular formula is C9H16N4O. The summed E-state index contributed by atoms with van der Waals surface area (Å²) in [5.74, 6) is -0.0162. The van der Waals surface area contributed by atoms with Crippen LogP contribution in [0, 0.1) is 5.92 Å². The predicted octanol–water partition coefficient (Wildman–Crippen LogP) is -0.0900. The average molecular weight is 196 g/mol. The Balaban J connectivity index is 2.57.